The highest BCUT2D eigenvalue weighted by Crippen LogP contribution is 2.33. The molecule has 0 unspecified atom stereocenters. The van der Waals surface area contributed by atoms with Gasteiger partial charge in [-0.25, -0.2) is 4.98 Å². The van der Waals surface area contributed by atoms with E-state index in [4.69, 9.17) is 16.9 Å². The van der Waals surface area contributed by atoms with Crippen LogP contribution in [-0.2, 0) is 6.42 Å². The summed E-state index contributed by atoms with van der Waals surface area (Å²) >= 11 is 1.49. The van der Waals surface area contributed by atoms with Gasteiger partial charge in [0.2, 0.25) is 0 Å². The summed E-state index contributed by atoms with van der Waals surface area (Å²) in [6.07, 6.45) is 0.829. The van der Waals surface area contributed by atoms with E-state index in [1.54, 1.807) is 0 Å². The van der Waals surface area contributed by atoms with E-state index in [1.807, 2.05) is 31.2 Å². The maximum Gasteiger partial charge on any atom is 0.192 e. The zero-order valence-corrected chi connectivity index (χ0v) is 10.8. The highest BCUT2D eigenvalue weighted by atomic mass is 32.1. The molecule has 0 atom stereocenters. The van der Waals surface area contributed by atoms with Gasteiger partial charge in [-0.2, -0.15) is 0 Å². The van der Waals surface area contributed by atoms with Crippen LogP contribution in [-0.4, -0.2) is 10.9 Å². The van der Waals surface area contributed by atoms with Crippen molar-refractivity contribution in [3.8, 4) is 10.4 Å². The van der Waals surface area contributed by atoms with Gasteiger partial charge in [0, 0.05) is 5.69 Å². The standard InChI is InChI=1S/C12H15N5S/c1-2-9-10(7-3-5-8(13)6-4-7)18-12(16-9)17-11(14)15/h3-6H,2,13H2,1H3,(H4,14,15,16,17). The highest BCUT2D eigenvalue weighted by Gasteiger charge is 2.11. The number of rotatable bonds is 3. The first kappa shape index (κ1) is 12.4. The van der Waals surface area contributed by atoms with Crippen LogP contribution in [0.5, 0.6) is 0 Å². The number of nitrogens with two attached hydrogens (primary N) is 2. The third-order valence-electron chi connectivity index (χ3n) is 2.45. The van der Waals surface area contributed by atoms with Gasteiger partial charge in [0.05, 0.1) is 10.6 Å². The van der Waals surface area contributed by atoms with E-state index in [9.17, 15) is 0 Å². The zero-order valence-electron chi connectivity index (χ0n) is 10.0. The summed E-state index contributed by atoms with van der Waals surface area (Å²) in [5.41, 5.74) is 13.8. The molecule has 0 radical (unpaired) electrons. The van der Waals surface area contributed by atoms with Crippen molar-refractivity contribution >= 4 is 28.1 Å². The molecule has 0 aliphatic heterocycles. The van der Waals surface area contributed by atoms with E-state index in [1.165, 1.54) is 11.3 Å². The van der Waals surface area contributed by atoms with Gasteiger partial charge in [-0.3, -0.25) is 5.41 Å². The molecule has 0 aliphatic rings. The minimum Gasteiger partial charge on any atom is -0.399 e. The smallest absolute Gasteiger partial charge is 0.192 e. The van der Waals surface area contributed by atoms with Crippen LogP contribution in [0.2, 0.25) is 0 Å². The summed E-state index contributed by atoms with van der Waals surface area (Å²) in [6, 6.07) is 7.68. The first-order valence-electron chi connectivity index (χ1n) is 5.56. The second-order valence-electron chi connectivity index (χ2n) is 3.81. The molecule has 6 N–H and O–H groups in total. The van der Waals surface area contributed by atoms with E-state index in [2.05, 4.69) is 10.3 Å². The second-order valence-corrected chi connectivity index (χ2v) is 4.81. The Morgan fingerprint density at radius 3 is 2.61 bits per heavy atom. The summed E-state index contributed by atoms with van der Waals surface area (Å²) in [7, 11) is 0. The van der Waals surface area contributed by atoms with Gasteiger partial charge in [0.1, 0.15) is 0 Å². The minimum atomic E-state index is -0.102. The average molecular weight is 261 g/mol. The molecule has 0 spiro atoms. The van der Waals surface area contributed by atoms with Crippen molar-refractivity contribution in [2.45, 2.75) is 13.3 Å². The van der Waals surface area contributed by atoms with Gasteiger partial charge in [0.25, 0.3) is 0 Å². The Hall–Kier alpha value is -2.08. The van der Waals surface area contributed by atoms with Crippen molar-refractivity contribution in [2.75, 3.05) is 11.1 Å². The van der Waals surface area contributed by atoms with Gasteiger partial charge in [0.15, 0.2) is 11.1 Å². The van der Waals surface area contributed by atoms with Gasteiger partial charge in [-0.15, -0.1) is 0 Å². The molecule has 6 heteroatoms. The quantitative estimate of drug-likeness (QED) is 0.387. The van der Waals surface area contributed by atoms with Gasteiger partial charge >= 0.3 is 0 Å². The Morgan fingerprint density at radius 1 is 1.39 bits per heavy atom. The van der Waals surface area contributed by atoms with E-state index >= 15 is 0 Å². The topological polar surface area (TPSA) is 101 Å². The van der Waals surface area contributed by atoms with Crippen LogP contribution in [0.25, 0.3) is 10.4 Å². The van der Waals surface area contributed by atoms with E-state index in [0.29, 0.717) is 5.13 Å². The fourth-order valence-corrected chi connectivity index (χ4v) is 2.69. The number of hydrogen-bond acceptors (Lipinski definition) is 4. The SMILES string of the molecule is CCc1nc(NC(=N)N)sc1-c1ccc(N)cc1. The number of guanidine groups is 1. The number of nitrogens with one attached hydrogen (secondary N) is 2. The molecule has 1 aromatic carbocycles. The molecule has 1 heterocycles. The van der Waals surface area contributed by atoms with E-state index < -0.39 is 0 Å². The van der Waals surface area contributed by atoms with Gasteiger partial charge in [-0.1, -0.05) is 30.4 Å². The summed E-state index contributed by atoms with van der Waals surface area (Å²) in [5, 5.41) is 10.6. The van der Waals surface area contributed by atoms with E-state index in [-0.39, 0.29) is 5.96 Å². The highest BCUT2D eigenvalue weighted by molar-refractivity contribution is 7.19. The molecule has 0 aliphatic carbocycles. The second kappa shape index (κ2) is 5.05. The normalized spacial score (nSPS) is 10.3. The Kier molecular flexibility index (Phi) is 3.47. The molecule has 0 saturated carbocycles. The Balaban J connectivity index is 2.39. The number of benzene rings is 1. The lowest BCUT2D eigenvalue weighted by Gasteiger charge is -2.00. The number of anilines is 2. The van der Waals surface area contributed by atoms with E-state index in [0.717, 1.165) is 28.2 Å². The van der Waals surface area contributed by atoms with Gasteiger partial charge in [-0.05, 0) is 24.1 Å². The predicted molar refractivity (Wildman–Crippen MR) is 76.9 cm³/mol. The van der Waals surface area contributed by atoms with Crippen molar-refractivity contribution < 1.29 is 0 Å². The molecule has 2 aromatic rings. The lowest BCUT2D eigenvalue weighted by atomic mass is 10.1. The molecule has 2 rings (SSSR count). The molecule has 5 nitrogen and oxygen atoms in total. The van der Waals surface area contributed by atoms with Crippen LogP contribution in [0.15, 0.2) is 24.3 Å². The maximum atomic E-state index is 7.22. The first-order chi connectivity index (χ1) is 8.60. The monoisotopic (exact) mass is 261 g/mol. The lowest BCUT2D eigenvalue weighted by molar-refractivity contribution is 1.07. The molecule has 1 aromatic heterocycles. The number of aryl methyl sites for hydroxylation is 1. The average Bonchev–Trinajstić information content (AvgIpc) is 2.72. The summed E-state index contributed by atoms with van der Waals surface area (Å²) in [5.74, 6) is -0.102. The van der Waals surface area contributed by atoms with Crippen molar-refractivity contribution in [3.05, 3.63) is 30.0 Å². The molecule has 0 amide bonds. The third-order valence-corrected chi connectivity index (χ3v) is 3.51. The summed E-state index contributed by atoms with van der Waals surface area (Å²) in [6.45, 7) is 2.05. The summed E-state index contributed by atoms with van der Waals surface area (Å²) < 4.78 is 0. The van der Waals surface area contributed by atoms with Crippen LogP contribution < -0.4 is 16.8 Å². The minimum absolute atomic E-state index is 0.102. The Bertz CT molecular complexity index is 558. The van der Waals surface area contributed by atoms with Crippen molar-refractivity contribution in [1.29, 1.82) is 5.41 Å². The molecule has 18 heavy (non-hydrogen) atoms. The fourth-order valence-electron chi connectivity index (χ4n) is 1.62. The largest absolute Gasteiger partial charge is 0.399 e. The molecule has 0 fully saturated rings. The van der Waals surface area contributed by atoms with Crippen molar-refractivity contribution in [3.63, 3.8) is 0 Å². The van der Waals surface area contributed by atoms with Crippen LogP contribution >= 0.6 is 11.3 Å². The zero-order chi connectivity index (χ0) is 13.1. The van der Waals surface area contributed by atoms with Crippen LogP contribution in [0, 0.1) is 5.41 Å². The molecule has 0 bridgehead atoms. The Morgan fingerprint density at radius 2 is 2.06 bits per heavy atom. The summed E-state index contributed by atoms with van der Waals surface area (Å²) in [4.78, 5) is 5.51. The molecule has 0 saturated heterocycles. The number of aromatic nitrogens is 1. The molecular weight excluding hydrogens is 246 g/mol. The predicted octanol–water partition coefficient (Wildman–Crippen LogP) is 2.26. The maximum absolute atomic E-state index is 7.22. The number of nitrogens with zero attached hydrogens (tertiary/aromatic N) is 1. The lowest BCUT2D eigenvalue weighted by Crippen LogP contribution is -2.20. The Labute approximate surface area is 109 Å². The fraction of sp³-hybridized carbons (Fsp3) is 0.167. The van der Waals surface area contributed by atoms with Gasteiger partial charge < -0.3 is 16.8 Å². The van der Waals surface area contributed by atoms with Crippen molar-refractivity contribution in [1.82, 2.24) is 4.98 Å². The van der Waals surface area contributed by atoms with Crippen LogP contribution in [0.1, 0.15) is 12.6 Å². The first-order valence-corrected chi connectivity index (χ1v) is 6.38. The van der Waals surface area contributed by atoms with Crippen LogP contribution in [0.3, 0.4) is 0 Å². The molecule has 94 valence electrons. The number of nitrogen functional groups attached to an aromatic ring is 1. The van der Waals surface area contributed by atoms with Crippen LogP contribution in [0.4, 0.5) is 10.8 Å². The number of hydrogen-bond donors (Lipinski definition) is 4. The number of thiazole rings is 1. The third kappa shape index (κ3) is 2.60. The van der Waals surface area contributed by atoms with Crippen molar-refractivity contribution in [2.24, 2.45) is 5.73 Å². The molecular formula is C12H15N5S.